The third kappa shape index (κ3) is 2.31. The second-order valence-electron chi connectivity index (χ2n) is 4.33. The molecule has 0 aromatic carbocycles. The number of oxazole rings is 1. The van der Waals surface area contributed by atoms with Crippen LogP contribution >= 0.6 is 11.5 Å². The van der Waals surface area contributed by atoms with Crippen LogP contribution in [0.25, 0.3) is 0 Å². The van der Waals surface area contributed by atoms with E-state index in [1.54, 1.807) is 0 Å². The minimum Gasteiger partial charge on any atom is -0.444 e. The zero-order valence-corrected chi connectivity index (χ0v) is 10.7. The molecule has 5 nitrogen and oxygen atoms in total. The van der Waals surface area contributed by atoms with Crippen LogP contribution in [0.3, 0.4) is 0 Å². The van der Waals surface area contributed by atoms with Gasteiger partial charge in [0.1, 0.15) is 11.6 Å². The highest BCUT2D eigenvalue weighted by molar-refractivity contribution is 7.09. The van der Waals surface area contributed by atoms with Gasteiger partial charge in [-0.25, -0.2) is 9.97 Å². The first-order valence-corrected chi connectivity index (χ1v) is 6.50. The van der Waals surface area contributed by atoms with E-state index in [4.69, 9.17) is 4.42 Å². The van der Waals surface area contributed by atoms with Crippen LogP contribution in [-0.4, -0.2) is 14.3 Å². The summed E-state index contributed by atoms with van der Waals surface area (Å²) in [5.41, 5.74) is 0.942. The first-order valence-electron chi connectivity index (χ1n) is 5.73. The van der Waals surface area contributed by atoms with Crippen molar-refractivity contribution in [3.8, 4) is 0 Å². The van der Waals surface area contributed by atoms with Crippen LogP contribution in [0.5, 0.6) is 0 Å². The molecule has 0 radical (unpaired) electrons. The lowest BCUT2D eigenvalue weighted by molar-refractivity contribution is 0.478. The molecule has 2 aromatic rings. The average Bonchev–Trinajstić information content (AvgIpc) is 2.96. The summed E-state index contributed by atoms with van der Waals surface area (Å²) in [6.45, 7) is 4.43. The fraction of sp³-hybridized carbons (Fsp3) is 0.545. The predicted molar refractivity (Wildman–Crippen MR) is 65.2 cm³/mol. The van der Waals surface area contributed by atoms with Crippen molar-refractivity contribution in [3.63, 3.8) is 0 Å². The van der Waals surface area contributed by atoms with Crippen LogP contribution in [0, 0.1) is 13.8 Å². The molecule has 1 aliphatic carbocycles. The van der Waals surface area contributed by atoms with Crippen LogP contribution in [0.1, 0.15) is 41.9 Å². The molecule has 0 saturated heterocycles. The standard InChI is InChI=1S/C11H14N4OS/c1-6-7(2)16-9(13-6)5-12-11-14-10(15-17-11)8-3-4-8/h8H,3-5H2,1-2H3,(H,12,14,15). The summed E-state index contributed by atoms with van der Waals surface area (Å²) >= 11 is 1.41. The Labute approximate surface area is 103 Å². The molecule has 0 aliphatic heterocycles. The number of hydrogen-bond donors (Lipinski definition) is 1. The summed E-state index contributed by atoms with van der Waals surface area (Å²) in [6, 6.07) is 0. The Balaban J connectivity index is 1.62. The summed E-state index contributed by atoms with van der Waals surface area (Å²) in [7, 11) is 0. The minimum atomic E-state index is 0.563. The predicted octanol–water partition coefficient (Wildman–Crippen LogP) is 2.63. The van der Waals surface area contributed by atoms with Gasteiger partial charge in [0, 0.05) is 17.5 Å². The van der Waals surface area contributed by atoms with Gasteiger partial charge in [-0.2, -0.15) is 4.37 Å². The topological polar surface area (TPSA) is 63.8 Å². The molecule has 0 atom stereocenters. The van der Waals surface area contributed by atoms with Crippen molar-refractivity contribution in [1.82, 2.24) is 14.3 Å². The van der Waals surface area contributed by atoms with Crippen molar-refractivity contribution in [2.75, 3.05) is 5.32 Å². The van der Waals surface area contributed by atoms with Gasteiger partial charge in [0.05, 0.1) is 12.2 Å². The van der Waals surface area contributed by atoms with Gasteiger partial charge in [0.2, 0.25) is 11.0 Å². The first kappa shape index (κ1) is 10.7. The van der Waals surface area contributed by atoms with E-state index in [-0.39, 0.29) is 0 Å². The van der Waals surface area contributed by atoms with Gasteiger partial charge in [-0.1, -0.05) is 0 Å². The number of hydrogen-bond acceptors (Lipinski definition) is 6. The Bertz CT molecular complexity index is 510. The fourth-order valence-corrected chi connectivity index (χ4v) is 2.22. The van der Waals surface area contributed by atoms with Crippen LogP contribution < -0.4 is 5.32 Å². The molecule has 2 aromatic heterocycles. The van der Waals surface area contributed by atoms with E-state index < -0.39 is 0 Å². The summed E-state index contributed by atoms with van der Waals surface area (Å²) in [4.78, 5) is 8.75. The van der Waals surface area contributed by atoms with E-state index in [9.17, 15) is 0 Å². The van der Waals surface area contributed by atoms with Gasteiger partial charge >= 0.3 is 0 Å². The molecule has 2 heterocycles. The van der Waals surface area contributed by atoms with Crippen molar-refractivity contribution in [3.05, 3.63) is 23.2 Å². The first-order chi connectivity index (χ1) is 8.22. The number of nitrogens with zero attached hydrogens (tertiary/aromatic N) is 3. The molecule has 90 valence electrons. The molecule has 0 amide bonds. The molecule has 1 fully saturated rings. The van der Waals surface area contributed by atoms with E-state index in [2.05, 4.69) is 19.7 Å². The summed E-state index contributed by atoms with van der Waals surface area (Å²) < 4.78 is 9.82. The van der Waals surface area contributed by atoms with Crippen LogP contribution in [0.15, 0.2) is 4.42 Å². The number of anilines is 1. The smallest absolute Gasteiger partial charge is 0.214 e. The maximum absolute atomic E-state index is 5.49. The molecule has 0 spiro atoms. The van der Waals surface area contributed by atoms with Crippen LogP contribution in [-0.2, 0) is 6.54 Å². The number of nitrogens with one attached hydrogen (secondary N) is 1. The summed E-state index contributed by atoms with van der Waals surface area (Å²) in [6.07, 6.45) is 2.46. The number of rotatable bonds is 4. The van der Waals surface area contributed by atoms with E-state index in [1.165, 1.54) is 24.4 Å². The van der Waals surface area contributed by atoms with Crippen molar-refractivity contribution >= 4 is 16.7 Å². The van der Waals surface area contributed by atoms with Gasteiger partial charge in [0.15, 0.2) is 0 Å². The minimum absolute atomic E-state index is 0.563. The zero-order chi connectivity index (χ0) is 11.8. The Kier molecular flexibility index (Phi) is 2.58. The Morgan fingerprint density at radius 1 is 1.35 bits per heavy atom. The summed E-state index contributed by atoms with van der Waals surface area (Å²) in [5.74, 6) is 3.16. The Hall–Kier alpha value is -1.43. The van der Waals surface area contributed by atoms with E-state index in [0.29, 0.717) is 18.4 Å². The largest absolute Gasteiger partial charge is 0.444 e. The highest BCUT2D eigenvalue weighted by atomic mass is 32.1. The van der Waals surface area contributed by atoms with Crippen molar-refractivity contribution < 1.29 is 4.42 Å². The van der Waals surface area contributed by atoms with Gasteiger partial charge in [-0.15, -0.1) is 0 Å². The molecule has 1 N–H and O–H groups in total. The third-order valence-corrected chi connectivity index (χ3v) is 3.53. The van der Waals surface area contributed by atoms with Gasteiger partial charge in [-0.3, -0.25) is 0 Å². The number of aryl methyl sites for hydroxylation is 2. The normalized spacial score (nSPS) is 15.2. The molecular weight excluding hydrogens is 236 g/mol. The lowest BCUT2D eigenvalue weighted by atomic mass is 10.4. The highest BCUT2D eigenvalue weighted by Crippen LogP contribution is 2.39. The van der Waals surface area contributed by atoms with Crippen molar-refractivity contribution in [2.45, 2.75) is 39.2 Å². The van der Waals surface area contributed by atoms with Gasteiger partial charge in [0.25, 0.3) is 0 Å². The fourth-order valence-electron chi connectivity index (χ4n) is 1.58. The highest BCUT2D eigenvalue weighted by Gasteiger charge is 2.27. The van der Waals surface area contributed by atoms with Crippen LogP contribution in [0.2, 0.25) is 0 Å². The monoisotopic (exact) mass is 250 g/mol. The number of aromatic nitrogens is 3. The second-order valence-corrected chi connectivity index (χ2v) is 5.09. The molecule has 0 bridgehead atoms. The molecule has 6 heteroatoms. The second kappa shape index (κ2) is 4.10. The molecular formula is C11H14N4OS. The zero-order valence-electron chi connectivity index (χ0n) is 9.86. The lowest BCUT2D eigenvalue weighted by Gasteiger charge is -1.96. The SMILES string of the molecule is Cc1nc(CNc2nc(C3CC3)ns2)oc1C. The molecule has 1 saturated carbocycles. The molecule has 1 aliphatic rings. The van der Waals surface area contributed by atoms with Crippen molar-refractivity contribution in [1.29, 1.82) is 0 Å². The Morgan fingerprint density at radius 3 is 2.82 bits per heavy atom. The Morgan fingerprint density at radius 2 is 2.18 bits per heavy atom. The average molecular weight is 250 g/mol. The molecule has 17 heavy (non-hydrogen) atoms. The van der Waals surface area contributed by atoms with E-state index >= 15 is 0 Å². The van der Waals surface area contributed by atoms with E-state index in [1.807, 2.05) is 13.8 Å². The van der Waals surface area contributed by atoms with Crippen LogP contribution in [0.4, 0.5) is 5.13 Å². The van der Waals surface area contributed by atoms with Crippen molar-refractivity contribution in [2.24, 2.45) is 0 Å². The lowest BCUT2D eigenvalue weighted by Crippen LogP contribution is -1.99. The quantitative estimate of drug-likeness (QED) is 0.903. The molecule has 0 unspecified atom stereocenters. The summed E-state index contributed by atoms with van der Waals surface area (Å²) in [5, 5.41) is 4.04. The third-order valence-electron chi connectivity index (χ3n) is 2.85. The molecule has 3 rings (SSSR count). The maximum atomic E-state index is 5.49. The van der Waals surface area contributed by atoms with Gasteiger partial charge in [-0.05, 0) is 26.7 Å². The maximum Gasteiger partial charge on any atom is 0.214 e. The van der Waals surface area contributed by atoms with E-state index in [0.717, 1.165) is 22.4 Å². The van der Waals surface area contributed by atoms with Gasteiger partial charge < -0.3 is 9.73 Å².